The first-order chi connectivity index (χ1) is 9.08. The van der Waals surface area contributed by atoms with Crippen LogP contribution >= 0.6 is 11.8 Å². The molecule has 1 aromatic heterocycles. The third-order valence-electron chi connectivity index (χ3n) is 3.41. The summed E-state index contributed by atoms with van der Waals surface area (Å²) in [6.45, 7) is 4.17. The van der Waals surface area contributed by atoms with Gasteiger partial charge >= 0.3 is 0 Å². The van der Waals surface area contributed by atoms with Gasteiger partial charge in [-0.3, -0.25) is 4.90 Å². The molecule has 7 heteroatoms. The van der Waals surface area contributed by atoms with Crippen LogP contribution in [0.5, 0.6) is 0 Å². The minimum atomic E-state index is 0.493. The van der Waals surface area contributed by atoms with Crippen LogP contribution in [0.1, 0.15) is 0 Å². The Labute approximate surface area is 118 Å². The number of nitrogen functional groups attached to an aromatic ring is 1. The van der Waals surface area contributed by atoms with Crippen molar-refractivity contribution < 1.29 is 0 Å². The smallest absolute Gasteiger partial charge is 0.191 e. The number of anilines is 2. The summed E-state index contributed by atoms with van der Waals surface area (Å²) in [5.74, 6) is 1.31. The maximum atomic E-state index is 5.77. The normalized spacial score (nSPS) is 21.5. The molecule has 1 aliphatic heterocycles. The summed E-state index contributed by atoms with van der Waals surface area (Å²) in [7, 11) is 4.33. The molecular weight excluding hydrogens is 260 g/mol. The lowest BCUT2D eigenvalue weighted by molar-refractivity contribution is 0.122. The van der Waals surface area contributed by atoms with E-state index in [0.29, 0.717) is 17.0 Å². The molecule has 1 aliphatic rings. The first kappa shape index (κ1) is 14.4. The molecule has 2 heterocycles. The van der Waals surface area contributed by atoms with E-state index in [1.807, 2.05) is 6.26 Å². The van der Waals surface area contributed by atoms with Crippen LogP contribution in [0.3, 0.4) is 0 Å². The van der Waals surface area contributed by atoms with Gasteiger partial charge in [0, 0.05) is 38.3 Å². The molecule has 3 N–H and O–H groups in total. The number of thioether (sulfide) groups is 1. The van der Waals surface area contributed by atoms with Crippen molar-refractivity contribution in [2.24, 2.45) is 0 Å². The highest BCUT2D eigenvalue weighted by Gasteiger charge is 2.21. The minimum Gasteiger partial charge on any atom is -0.383 e. The van der Waals surface area contributed by atoms with Gasteiger partial charge in [-0.2, -0.15) is 0 Å². The molecule has 1 atom stereocenters. The van der Waals surface area contributed by atoms with E-state index in [4.69, 9.17) is 5.73 Å². The summed E-state index contributed by atoms with van der Waals surface area (Å²) in [4.78, 5) is 13.3. The van der Waals surface area contributed by atoms with Crippen LogP contribution in [-0.2, 0) is 0 Å². The molecule has 106 valence electrons. The molecule has 19 heavy (non-hydrogen) atoms. The maximum absolute atomic E-state index is 5.77. The van der Waals surface area contributed by atoms with Crippen LogP contribution in [0, 0.1) is 0 Å². The van der Waals surface area contributed by atoms with Gasteiger partial charge in [-0.15, -0.1) is 0 Å². The average molecular weight is 282 g/mol. The van der Waals surface area contributed by atoms with Crippen molar-refractivity contribution in [1.82, 2.24) is 19.8 Å². The third-order valence-corrected chi connectivity index (χ3v) is 3.95. The van der Waals surface area contributed by atoms with Gasteiger partial charge in [-0.25, -0.2) is 9.97 Å². The van der Waals surface area contributed by atoms with Crippen molar-refractivity contribution in [2.45, 2.75) is 11.2 Å². The number of nitrogens with two attached hydrogens (primary N) is 1. The predicted octanol–water partition coefficient (Wildman–Crippen LogP) is 0.438. The van der Waals surface area contributed by atoms with Crippen molar-refractivity contribution in [3.8, 4) is 0 Å². The first-order valence-corrected chi connectivity index (χ1v) is 7.62. The Morgan fingerprint density at radius 1 is 1.42 bits per heavy atom. The summed E-state index contributed by atoms with van der Waals surface area (Å²) in [6.07, 6.45) is 1.95. The molecule has 0 spiro atoms. The van der Waals surface area contributed by atoms with Gasteiger partial charge in [0.1, 0.15) is 11.6 Å². The predicted molar refractivity (Wildman–Crippen MR) is 80.6 cm³/mol. The summed E-state index contributed by atoms with van der Waals surface area (Å²) in [6, 6.07) is 2.28. The molecular formula is C12H22N6S. The molecule has 0 amide bonds. The zero-order valence-corrected chi connectivity index (χ0v) is 12.6. The number of hydrogen-bond acceptors (Lipinski definition) is 7. The van der Waals surface area contributed by atoms with E-state index in [9.17, 15) is 0 Å². The summed E-state index contributed by atoms with van der Waals surface area (Å²) < 4.78 is 0. The Morgan fingerprint density at radius 2 is 2.21 bits per heavy atom. The molecule has 1 saturated heterocycles. The fourth-order valence-electron chi connectivity index (χ4n) is 2.17. The van der Waals surface area contributed by atoms with E-state index in [-0.39, 0.29) is 0 Å². The van der Waals surface area contributed by atoms with Gasteiger partial charge in [0.25, 0.3) is 0 Å². The quantitative estimate of drug-likeness (QED) is 0.613. The Bertz CT molecular complexity index is 427. The van der Waals surface area contributed by atoms with Gasteiger partial charge < -0.3 is 16.0 Å². The summed E-state index contributed by atoms with van der Waals surface area (Å²) in [5, 5.41) is 4.07. The number of piperazine rings is 1. The Balaban J connectivity index is 1.96. The largest absolute Gasteiger partial charge is 0.383 e. The molecule has 0 aliphatic carbocycles. The molecule has 0 radical (unpaired) electrons. The molecule has 0 aromatic carbocycles. The molecule has 0 bridgehead atoms. The summed E-state index contributed by atoms with van der Waals surface area (Å²) in [5.41, 5.74) is 5.77. The second-order valence-corrected chi connectivity index (χ2v) is 5.72. The minimum absolute atomic E-state index is 0.493. The van der Waals surface area contributed by atoms with Crippen LogP contribution in [0.2, 0.25) is 0 Å². The maximum Gasteiger partial charge on any atom is 0.191 e. The van der Waals surface area contributed by atoms with Crippen molar-refractivity contribution in [2.75, 3.05) is 57.6 Å². The van der Waals surface area contributed by atoms with Crippen LogP contribution in [0.15, 0.2) is 11.2 Å². The second-order valence-electron chi connectivity index (χ2n) is 4.94. The SMILES string of the molecule is CSc1nc(N)cc(NCC2CN(C)CCN2C)n1. The zero-order valence-electron chi connectivity index (χ0n) is 11.8. The fraction of sp³-hybridized carbons (Fsp3) is 0.667. The molecule has 1 unspecified atom stereocenters. The standard InChI is InChI=1S/C12H22N6S/c1-17-4-5-18(2)9(8-17)7-14-11-6-10(13)15-12(16-11)19-3/h6,9H,4-5,7-8H2,1-3H3,(H3,13,14,15,16). The number of rotatable bonds is 4. The van der Waals surface area contributed by atoms with E-state index in [1.165, 1.54) is 11.8 Å². The van der Waals surface area contributed by atoms with Gasteiger partial charge in [-0.1, -0.05) is 11.8 Å². The highest BCUT2D eigenvalue weighted by atomic mass is 32.2. The van der Waals surface area contributed by atoms with Crippen molar-refractivity contribution in [3.63, 3.8) is 0 Å². The molecule has 1 aromatic rings. The van der Waals surface area contributed by atoms with Gasteiger partial charge in [0.15, 0.2) is 5.16 Å². The topological polar surface area (TPSA) is 70.3 Å². The van der Waals surface area contributed by atoms with Crippen molar-refractivity contribution in [1.29, 1.82) is 0 Å². The fourth-order valence-corrected chi connectivity index (χ4v) is 2.56. The monoisotopic (exact) mass is 282 g/mol. The third kappa shape index (κ3) is 3.95. The molecule has 6 nitrogen and oxygen atoms in total. The van der Waals surface area contributed by atoms with Crippen LogP contribution in [0.4, 0.5) is 11.6 Å². The van der Waals surface area contributed by atoms with Crippen LogP contribution in [0.25, 0.3) is 0 Å². The van der Waals surface area contributed by atoms with Gasteiger partial charge in [0.2, 0.25) is 0 Å². The lowest BCUT2D eigenvalue weighted by atomic mass is 10.2. The molecule has 1 fully saturated rings. The number of hydrogen-bond donors (Lipinski definition) is 2. The van der Waals surface area contributed by atoms with E-state index in [1.54, 1.807) is 6.07 Å². The second kappa shape index (κ2) is 6.40. The lowest BCUT2D eigenvalue weighted by Gasteiger charge is -2.37. The highest BCUT2D eigenvalue weighted by Crippen LogP contribution is 2.15. The van der Waals surface area contributed by atoms with E-state index in [2.05, 4.69) is 39.2 Å². The average Bonchev–Trinajstić information content (AvgIpc) is 2.39. The Morgan fingerprint density at radius 3 is 2.95 bits per heavy atom. The Kier molecular flexibility index (Phi) is 4.84. The molecule has 0 saturated carbocycles. The van der Waals surface area contributed by atoms with Crippen molar-refractivity contribution in [3.05, 3.63) is 6.07 Å². The zero-order chi connectivity index (χ0) is 13.8. The number of aromatic nitrogens is 2. The first-order valence-electron chi connectivity index (χ1n) is 6.39. The van der Waals surface area contributed by atoms with E-state index in [0.717, 1.165) is 32.0 Å². The van der Waals surface area contributed by atoms with Crippen LogP contribution in [-0.4, -0.2) is 72.3 Å². The lowest BCUT2D eigenvalue weighted by Crippen LogP contribution is -2.52. The van der Waals surface area contributed by atoms with Crippen molar-refractivity contribution >= 4 is 23.4 Å². The number of nitrogens with zero attached hydrogens (tertiary/aromatic N) is 4. The highest BCUT2D eigenvalue weighted by molar-refractivity contribution is 7.98. The van der Waals surface area contributed by atoms with E-state index >= 15 is 0 Å². The van der Waals surface area contributed by atoms with Crippen LogP contribution < -0.4 is 11.1 Å². The molecule has 2 rings (SSSR count). The Hall–Kier alpha value is -1.05. The number of likely N-dealkylation sites (N-methyl/N-ethyl adjacent to an activating group) is 2. The summed E-state index contributed by atoms with van der Waals surface area (Å²) >= 11 is 1.50. The number of nitrogens with one attached hydrogen (secondary N) is 1. The van der Waals surface area contributed by atoms with Gasteiger partial charge in [-0.05, 0) is 20.4 Å². The van der Waals surface area contributed by atoms with E-state index < -0.39 is 0 Å². The van der Waals surface area contributed by atoms with Gasteiger partial charge in [0.05, 0.1) is 0 Å².